The number of ether oxygens (including phenoxy) is 1. The van der Waals surface area contributed by atoms with Crippen LogP contribution in [0.1, 0.15) is 71.4 Å². The predicted molar refractivity (Wildman–Crippen MR) is 118 cm³/mol. The van der Waals surface area contributed by atoms with E-state index in [2.05, 4.69) is 27.7 Å². The van der Waals surface area contributed by atoms with Gasteiger partial charge in [0.15, 0.2) is 0 Å². The number of aromatic hydroxyl groups is 1. The molecule has 154 valence electrons. The van der Waals surface area contributed by atoms with Crippen molar-refractivity contribution in [3.63, 3.8) is 0 Å². The van der Waals surface area contributed by atoms with Crippen molar-refractivity contribution in [2.75, 3.05) is 0 Å². The molecule has 0 saturated heterocycles. The molecule has 0 bridgehead atoms. The van der Waals surface area contributed by atoms with Crippen LogP contribution in [-0.4, -0.2) is 11.1 Å². The molecule has 3 heteroatoms. The molecule has 0 atom stereocenters. The normalized spacial score (nSPS) is 17.6. The first kappa shape index (κ1) is 21.2. The van der Waals surface area contributed by atoms with E-state index in [1.54, 1.807) is 19.1 Å². The van der Waals surface area contributed by atoms with E-state index in [1.165, 1.54) is 17.6 Å². The van der Waals surface area contributed by atoms with Crippen LogP contribution in [0.3, 0.4) is 0 Å². The van der Waals surface area contributed by atoms with Crippen molar-refractivity contribution in [3.8, 4) is 11.5 Å². The van der Waals surface area contributed by atoms with E-state index in [4.69, 9.17) is 4.74 Å². The van der Waals surface area contributed by atoms with Crippen molar-refractivity contribution < 1.29 is 14.6 Å². The van der Waals surface area contributed by atoms with Gasteiger partial charge in [-0.15, -0.1) is 0 Å². The van der Waals surface area contributed by atoms with Crippen molar-refractivity contribution in [3.05, 3.63) is 65.2 Å². The fourth-order valence-electron chi connectivity index (χ4n) is 4.91. The van der Waals surface area contributed by atoms with Gasteiger partial charge in [0.25, 0.3) is 0 Å². The molecule has 1 N–H and O–H groups in total. The number of allylic oxidation sites excluding steroid dienone is 1. The molecular weight excluding hydrogens is 360 g/mol. The fraction of sp³-hybridized carbons (Fsp3) is 0.423. The third-order valence-corrected chi connectivity index (χ3v) is 5.51. The summed E-state index contributed by atoms with van der Waals surface area (Å²) in [6.07, 6.45) is 3.63. The van der Waals surface area contributed by atoms with Gasteiger partial charge in [0.2, 0.25) is 0 Å². The SMILES string of the molecule is CCC(=O)Oc1ccc(C(=C2CC(C)(C)CC(C)(C)C2)c2ccc(O)cc2)cc1. The predicted octanol–water partition coefficient (Wildman–Crippen LogP) is 6.75. The van der Waals surface area contributed by atoms with Crippen LogP contribution in [0, 0.1) is 10.8 Å². The first-order chi connectivity index (χ1) is 13.6. The van der Waals surface area contributed by atoms with E-state index in [0.29, 0.717) is 12.2 Å². The molecule has 1 aliphatic carbocycles. The maximum absolute atomic E-state index is 11.6. The fourth-order valence-corrected chi connectivity index (χ4v) is 4.91. The third kappa shape index (κ3) is 5.29. The minimum atomic E-state index is -0.231. The zero-order valence-electron chi connectivity index (χ0n) is 18.2. The Morgan fingerprint density at radius 1 is 0.897 bits per heavy atom. The highest BCUT2D eigenvalue weighted by Crippen LogP contribution is 2.50. The molecule has 1 aliphatic rings. The Hall–Kier alpha value is -2.55. The van der Waals surface area contributed by atoms with Crippen molar-refractivity contribution in [1.29, 1.82) is 0 Å². The van der Waals surface area contributed by atoms with Gasteiger partial charge >= 0.3 is 5.97 Å². The maximum atomic E-state index is 11.6. The van der Waals surface area contributed by atoms with E-state index < -0.39 is 0 Å². The lowest BCUT2D eigenvalue weighted by Crippen LogP contribution is -2.30. The van der Waals surface area contributed by atoms with Crippen molar-refractivity contribution in [1.82, 2.24) is 0 Å². The Morgan fingerprint density at radius 2 is 1.38 bits per heavy atom. The van der Waals surface area contributed by atoms with Gasteiger partial charge in [-0.3, -0.25) is 4.79 Å². The number of rotatable bonds is 4. The summed E-state index contributed by atoms with van der Waals surface area (Å²) in [5, 5.41) is 9.76. The van der Waals surface area contributed by atoms with Gasteiger partial charge in [-0.2, -0.15) is 0 Å². The summed E-state index contributed by atoms with van der Waals surface area (Å²) in [4.78, 5) is 11.6. The number of phenolic OH excluding ortho intramolecular Hbond substituents is 1. The molecule has 3 nitrogen and oxygen atoms in total. The molecule has 2 aromatic rings. The summed E-state index contributed by atoms with van der Waals surface area (Å²) in [7, 11) is 0. The van der Waals surface area contributed by atoms with Gasteiger partial charge < -0.3 is 9.84 Å². The highest BCUT2D eigenvalue weighted by atomic mass is 16.5. The smallest absolute Gasteiger partial charge is 0.310 e. The van der Waals surface area contributed by atoms with Crippen molar-refractivity contribution in [2.24, 2.45) is 10.8 Å². The monoisotopic (exact) mass is 392 g/mol. The molecule has 0 spiro atoms. The summed E-state index contributed by atoms with van der Waals surface area (Å²) in [6.45, 7) is 11.2. The van der Waals surface area contributed by atoms with Crippen LogP contribution in [-0.2, 0) is 4.79 Å². The summed E-state index contributed by atoms with van der Waals surface area (Å²) in [5.74, 6) is 0.606. The Kier molecular flexibility index (Phi) is 5.88. The molecule has 1 fully saturated rings. The van der Waals surface area contributed by atoms with Gasteiger partial charge in [-0.1, -0.05) is 64.5 Å². The third-order valence-electron chi connectivity index (χ3n) is 5.51. The lowest BCUT2D eigenvalue weighted by Gasteiger charge is -2.43. The largest absolute Gasteiger partial charge is 0.508 e. The molecule has 0 aromatic heterocycles. The summed E-state index contributed by atoms with van der Waals surface area (Å²) in [5.41, 5.74) is 5.33. The van der Waals surface area contributed by atoms with Crippen LogP contribution in [0.5, 0.6) is 11.5 Å². The average Bonchev–Trinajstić information content (AvgIpc) is 2.62. The van der Waals surface area contributed by atoms with Crippen LogP contribution in [0.2, 0.25) is 0 Å². The Bertz CT molecular complexity index is 882. The first-order valence-corrected chi connectivity index (χ1v) is 10.4. The molecule has 2 aromatic carbocycles. The van der Waals surface area contributed by atoms with E-state index in [0.717, 1.165) is 24.0 Å². The molecule has 0 heterocycles. The van der Waals surface area contributed by atoms with Crippen LogP contribution in [0.15, 0.2) is 54.1 Å². The second-order valence-electron chi connectivity index (χ2n) is 9.74. The van der Waals surface area contributed by atoms with E-state index in [9.17, 15) is 9.90 Å². The summed E-state index contributed by atoms with van der Waals surface area (Å²) >= 11 is 0. The second kappa shape index (κ2) is 8.06. The van der Waals surface area contributed by atoms with Gasteiger partial charge in [0.1, 0.15) is 11.5 Å². The number of carbonyl (C=O) groups is 1. The first-order valence-electron chi connectivity index (χ1n) is 10.4. The second-order valence-corrected chi connectivity index (χ2v) is 9.74. The lowest BCUT2D eigenvalue weighted by molar-refractivity contribution is -0.134. The Labute approximate surface area is 174 Å². The maximum Gasteiger partial charge on any atom is 0.310 e. The van der Waals surface area contributed by atoms with Gasteiger partial charge in [0, 0.05) is 6.42 Å². The minimum Gasteiger partial charge on any atom is -0.508 e. The number of carbonyl (C=O) groups excluding carboxylic acids is 1. The number of phenols is 1. The highest BCUT2D eigenvalue weighted by molar-refractivity contribution is 5.83. The van der Waals surface area contributed by atoms with Gasteiger partial charge in [-0.25, -0.2) is 0 Å². The number of benzene rings is 2. The molecule has 1 saturated carbocycles. The molecule has 0 amide bonds. The van der Waals surface area contributed by atoms with E-state index in [1.807, 2.05) is 36.4 Å². The topological polar surface area (TPSA) is 46.5 Å². The van der Waals surface area contributed by atoms with E-state index >= 15 is 0 Å². The molecule has 0 aliphatic heterocycles. The molecule has 0 unspecified atom stereocenters. The Morgan fingerprint density at radius 3 is 1.86 bits per heavy atom. The van der Waals surface area contributed by atoms with E-state index in [-0.39, 0.29) is 22.5 Å². The molecule has 0 radical (unpaired) electrons. The minimum absolute atomic E-state index is 0.231. The van der Waals surface area contributed by atoms with Crippen LogP contribution in [0.25, 0.3) is 5.57 Å². The van der Waals surface area contributed by atoms with Crippen molar-refractivity contribution in [2.45, 2.75) is 60.3 Å². The number of esters is 1. The van der Waals surface area contributed by atoms with Crippen molar-refractivity contribution >= 4 is 11.5 Å². The van der Waals surface area contributed by atoms with Crippen LogP contribution in [0.4, 0.5) is 0 Å². The quantitative estimate of drug-likeness (QED) is 0.462. The standard InChI is InChI=1S/C26H32O3/c1-6-23(28)29-22-13-9-19(10-14-22)24(18-7-11-21(27)12-8-18)20-15-25(2,3)17-26(4,5)16-20/h7-14,27H,6,15-17H2,1-5H3. The molecule has 3 rings (SSSR count). The van der Waals surface area contributed by atoms with Crippen LogP contribution >= 0.6 is 0 Å². The summed E-state index contributed by atoms with van der Waals surface area (Å²) < 4.78 is 5.34. The zero-order valence-corrected chi connectivity index (χ0v) is 18.2. The highest BCUT2D eigenvalue weighted by Gasteiger charge is 2.37. The zero-order chi connectivity index (χ0) is 21.2. The molecule has 29 heavy (non-hydrogen) atoms. The lowest BCUT2D eigenvalue weighted by atomic mass is 9.62. The summed E-state index contributed by atoms with van der Waals surface area (Å²) in [6, 6.07) is 15.2. The van der Waals surface area contributed by atoms with Gasteiger partial charge in [-0.05, 0) is 71.1 Å². The Balaban J connectivity index is 2.09. The average molecular weight is 393 g/mol. The van der Waals surface area contributed by atoms with Gasteiger partial charge in [0.05, 0.1) is 0 Å². The molecular formula is C26H32O3. The number of hydrogen-bond donors (Lipinski definition) is 1. The number of hydrogen-bond acceptors (Lipinski definition) is 3. The van der Waals surface area contributed by atoms with Crippen LogP contribution < -0.4 is 4.74 Å².